The van der Waals surface area contributed by atoms with Gasteiger partial charge in [-0.1, -0.05) is 22.0 Å². The molecule has 0 saturated heterocycles. The van der Waals surface area contributed by atoms with Crippen LogP contribution in [0.25, 0.3) is 0 Å². The van der Waals surface area contributed by atoms with Crippen LogP contribution in [0.2, 0.25) is 0 Å². The Kier molecular flexibility index (Phi) is 7.04. The highest BCUT2D eigenvalue weighted by atomic mass is 79.9. The number of nitrogens with zero attached hydrogens (tertiary/aromatic N) is 1. The van der Waals surface area contributed by atoms with Crippen LogP contribution in [0.3, 0.4) is 0 Å². The molecule has 0 aliphatic heterocycles. The molecule has 1 aromatic heterocycles. The van der Waals surface area contributed by atoms with Gasteiger partial charge in [0.05, 0.1) is 5.56 Å². The number of benzene rings is 1. The van der Waals surface area contributed by atoms with E-state index in [0.29, 0.717) is 5.56 Å². The Balaban J connectivity index is 1.87. The lowest BCUT2D eigenvalue weighted by atomic mass is 10.2. The van der Waals surface area contributed by atoms with Crippen LogP contribution in [-0.2, 0) is 0 Å². The van der Waals surface area contributed by atoms with E-state index in [1.807, 2.05) is 0 Å². The summed E-state index contributed by atoms with van der Waals surface area (Å²) in [6.07, 6.45) is 1.18. The number of amides is 2. The molecule has 5 nitrogen and oxygen atoms in total. The summed E-state index contributed by atoms with van der Waals surface area (Å²) in [5.74, 6) is -1.02. The summed E-state index contributed by atoms with van der Waals surface area (Å²) >= 11 is 2.81. The van der Waals surface area contributed by atoms with Gasteiger partial charge in [0.1, 0.15) is 5.03 Å². The number of carbonyl (C=O) groups is 2. The molecule has 2 amide bonds. The van der Waals surface area contributed by atoms with E-state index in [1.165, 1.54) is 18.3 Å². The van der Waals surface area contributed by atoms with Crippen molar-refractivity contribution >= 4 is 39.5 Å². The second-order valence-corrected chi connectivity index (χ2v) is 6.90. The van der Waals surface area contributed by atoms with E-state index in [4.69, 9.17) is 0 Å². The van der Waals surface area contributed by atoms with E-state index in [1.54, 1.807) is 24.3 Å². The van der Waals surface area contributed by atoms with E-state index >= 15 is 0 Å². The lowest BCUT2D eigenvalue weighted by Gasteiger charge is -2.11. The van der Waals surface area contributed by atoms with E-state index in [9.17, 15) is 22.8 Å². The molecule has 0 spiro atoms. The molecular weight excluding hydrogens is 435 g/mol. The monoisotopic (exact) mass is 447 g/mol. The molecular formula is C16H13BrF3N3O2S. The van der Waals surface area contributed by atoms with Crippen molar-refractivity contribution in [2.75, 3.05) is 13.1 Å². The van der Waals surface area contributed by atoms with Crippen LogP contribution in [0.15, 0.2) is 52.1 Å². The standard InChI is InChI=1S/C16H13BrF3N3O2S/c17-11-4-1-3-10(9-11)13(24)21-7-8-22-14(25)12-5-2-6-23-15(12)26-16(18,19)20/h1-6,9H,7-8H2,(H,21,24)(H,22,25). The van der Waals surface area contributed by atoms with Crippen molar-refractivity contribution in [1.29, 1.82) is 0 Å². The van der Waals surface area contributed by atoms with Crippen LogP contribution in [0, 0.1) is 0 Å². The van der Waals surface area contributed by atoms with Crippen LogP contribution in [0.1, 0.15) is 20.7 Å². The van der Waals surface area contributed by atoms with Gasteiger partial charge in [0, 0.05) is 41.1 Å². The molecule has 1 heterocycles. The Hall–Kier alpha value is -2.07. The first kappa shape index (κ1) is 20.2. The maximum absolute atomic E-state index is 12.5. The number of alkyl halides is 3. The topological polar surface area (TPSA) is 71.1 Å². The minimum Gasteiger partial charge on any atom is -0.350 e. The molecule has 0 unspecified atom stereocenters. The molecule has 10 heteroatoms. The zero-order valence-corrected chi connectivity index (χ0v) is 15.5. The largest absolute Gasteiger partial charge is 0.447 e. The third kappa shape index (κ3) is 6.34. The lowest BCUT2D eigenvalue weighted by molar-refractivity contribution is -0.0329. The van der Waals surface area contributed by atoms with E-state index in [2.05, 4.69) is 31.5 Å². The summed E-state index contributed by atoms with van der Waals surface area (Å²) in [7, 11) is 0. The third-order valence-electron chi connectivity index (χ3n) is 3.01. The van der Waals surface area contributed by atoms with Crippen LogP contribution in [-0.4, -0.2) is 35.4 Å². The minimum atomic E-state index is -4.54. The van der Waals surface area contributed by atoms with Gasteiger partial charge in [-0.25, -0.2) is 4.98 Å². The fraction of sp³-hybridized carbons (Fsp3) is 0.188. The predicted octanol–water partition coefficient (Wildman–Crippen LogP) is 3.62. The summed E-state index contributed by atoms with van der Waals surface area (Å²) < 4.78 is 38.3. The van der Waals surface area contributed by atoms with Crippen LogP contribution < -0.4 is 10.6 Å². The molecule has 0 saturated carbocycles. The van der Waals surface area contributed by atoms with Gasteiger partial charge in [-0.05, 0) is 30.3 Å². The zero-order valence-electron chi connectivity index (χ0n) is 13.1. The Morgan fingerprint density at radius 3 is 2.42 bits per heavy atom. The van der Waals surface area contributed by atoms with Gasteiger partial charge in [0.2, 0.25) is 0 Å². The summed E-state index contributed by atoms with van der Waals surface area (Å²) in [6, 6.07) is 9.41. The van der Waals surface area contributed by atoms with Crippen LogP contribution in [0.4, 0.5) is 13.2 Å². The predicted molar refractivity (Wildman–Crippen MR) is 95.0 cm³/mol. The third-order valence-corrected chi connectivity index (χ3v) is 4.25. The zero-order chi connectivity index (χ0) is 19.2. The maximum atomic E-state index is 12.5. The van der Waals surface area contributed by atoms with Gasteiger partial charge in [-0.2, -0.15) is 13.2 Å². The summed E-state index contributed by atoms with van der Waals surface area (Å²) in [6.45, 7) is 0.183. The highest BCUT2D eigenvalue weighted by Crippen LogP contribution is 2.37. The van der Waals surface area contributed by atoms with Crippen molar-refractivity contribution in [1.82, 2.24) is 15.6 Å². The number of halogens is 4. The maximum Gasteiger partial charge on any atom is 0.447 e. The second-order valence-electron chi connectivity index (χ2n) is 4.93. The molecule has 0 bridgehead atoms. The highest BCUT2D eigenvalue weighted by Gasteiger charge is 2.32. The number of aromatic nitrogens is 1. The van der Waals surface area contributed by atoms with Crippen LogP contribution in [0.5, 0.6) is 0 Å². The summed E-state index contributed by atoms with van der Waals surface area (Å²) in [5.41, 5.74) is -4.27. The first-order valence-electron chi connectivity index (χ1n) is 7.29. The quantitative estimate of drug-likeness (QED) is 0.524. The molecule has 1 aromatic carbocycles. The second kappa shape index (κ2) is 9.04. The molecule has 138 valence electrons. The molecule has 2 N–H and O–H groups in total. The van der Waals surface area contributed by atoms with Crippen molar-refractivity contribution in [2.45, 2.75) is 10.5 Å². The van der Waals surface area contributed by atoms with E-state index in [0.717, 1.165) is 4.47 Å². The number of pyridine rings is 1. The van der Waals surface area contributed by atoms with Crippen molar-refractivity contribution in [3.05, 3.63) is 58.2 Å². The molecule has 0 radical (unpaired) electrons. The van der Waals surface area contributed by atoms with Gasteiger partial charge < -0.3 is 10.6 Å². The number of hydrogen-bond acceptors (Lipinski definition) is 4. The molecule has 0 fully saturated rings. The van der Waals surface area contributed by atoms with Gasteiger partial charge in [0.15, 0.2) is 0 Å². The highest BCUT2D eigenvalue weighted by molar-refractivity contribution is 9.10. The van der Waals surface area contributed by atoms with Gasteiger partial charge in [0.25, 0.3) is 11.8 Å². The Bertz CT molecular complexity index is 802. The van der Waals surface area contributed by atoms with Crippen molar-refractivity contribution in [3.63, 3.8) is 0 Å². The van der Waals surface area contributed by atoms with Crippen molar-refractivity contribution in [2.24, 2.45) is 0 Å². The lowest BCUT2D eigenvalue weighted by Crippen LogP contribution is -2.35. The number of nitrogens with one attached hydrogen (secondary N) is 2. The fourth-order valence-electron chi connectivity index (χ4n) is 1.93. The average Bonchev–Trinajstić information content (AvgIpc) is 2.57. The van der Waals surface area contributed by atoms with Crippen molar-refractivity contribution < 1.29 is 22.8 Å². The Morgan fingerprint density at radius 1 is 1.08 bits per heavy atom. The minimum absolute atomic E-state index is 0.0591. The summed E-state index contributed by atoms with van der Waals surface area (Å²) in [5, 5.41) is 4.65. The normalized spacial score (nSPS) is 11.1. The van der Waals surface area contributed by atoms with Gasteiger partial charge in [-0.15, -0.1) is 0 Å². The molecule has 0 aliphatic rings. The SMILES string of the molecule is O=C(NCCNC(=O)c1cccnc1SC(F)(F)F)c1cccc(Br)c1. The molecule has 2 rings (SSSR count). The van der Waals surface area contributed by atoms with E-state index < -0.39 is 28.2 Å². The number of carbonyl (C=O) groups excluding carboxylic acids is 2. The number of hydrogen-bond donors (Lipinski definition) is 2. The molecule has 0 aliphatic carbocycles. The first-order chi connectivity index (χ1) is 12.3. The average molecular weight is 448 g/mol. The van der Waals surface area contributed by atoms with Gasteiger partial charge >= 0.3 is 5.51 Å². The molecule has 0 atom stereocenters. The number of thioether (sulfide) groups is 1. The fourth-order valence-corrected chi connectivity index (χ4v) is 2.94. The summed E-state index contributed by atoms with van der Waals surface area (Å²) in [4.78, 5) is 27.6. The molecule has 26 heavy (non-hydrogen) atoms. The van der Waals surface area contributed by atoms with Crippen LogP contribution >= 0.6 is 27.7 Å². The van der Waals surface area contributed by atoms with Gasteiger partial charge in [-0.3, -0.25) is 9.59 Å². The molecule has 2 aromatic rings. The van der Waals surface area contributed by atoms with Crippen molar-refractivity contribution in [3.8, 4) is 0 Å². The first-order valence-corrected chi connectivity index (χ1v) is 8.90. The number of rotatable bonds is 6. The van der Waals surface area contributed by atoms with E-state index in [-0.39, 0.29) is 24.6 Å². The Morgan fingerprint density at radius 2 is 1.77 bits per heavy atom. The smallest absolute Gasteiger partial charge is 0.350 e. The Labute approximate surface area is 159 Å².